The topological polar surface area (TPSA) is 49.9 Å². The monoisotopic (exact) mass is 122 g/mol. The van der Waals surface area contributed by atoms with Gasteiger partial charge in [-0.15, -0.1) is 0 Å². The van der Waals surface area contributed by atoms with Gasteiger partial charge in [-0.25, -0.2) is 0 Å². The van der Waals surface area contributed by atoms with Crippen molar-refractivity contribution in [2.45, 2.75) is 0 Å². The first kappa shape index (κ1) is 6.17. The predicted molar refractivity (Wildman–Crippen MR) is 33.0 cm³/mol. The van der Waals surface area contributed by atoms with E-state index in [2.05, 4.69) is 0 Å². The summed E-state index contributed by atoms with van der Waals surface area (Å²) in [5.41, 5.74) is 4.93. The lowest BCUT2D eigenvalue weighted by Crippen LogP contribution is -2.00. The number of amidine groups is 1. The maximum absolute atomic E-state index is 6.61. The lowest BCUT2D eigenvalue weighted by molar-refractivity contribution is 1.51. The molecule has 0 saturated carbocycles. The van der Waals surface area contributed by atoms with Gasteiger partial charge in [0.15, 0.2) is 5.17 Å². The van der Waals surface area contributed by atoms with Gasteiger partial charge >= 0.3 is 0 Å². The summed E-state index contributed by atoms with van der Waals surface area (Å²) < 4.78 is 0. The largest absolute Gasteiger partial charge is 0.378 e. The van der Waals surface area contributed by atoms with Gasteiger partial charge in [0.05, 0.1) is 0 Å². The van der Waals surface area contributed by atoms with Crippen molar-refractivity contribution in [1.29, 1.82) is 5.41 Å². The van der Waals surface area contributed by atoms with Crippen LogP contribution in [0.2, 0.25) is 0 Å². The van der Waals surface area contributed by atoms with Crippen LogP contribution in [0.15, 0.2) is 0 Å². The second-order valence-corrected chi connectivity index (χ2v) is 3.05. The molecule has 36 valence electrons. The van der Waals surface area contributed by atoms with Crippen LogP contribution >= 0.6 is 21.6 Å². The second-order valence-electron chi connectivity index (χ2n) is 0.614. The van der Waals surface area contributed by atoms with Gasteiger partial charge in [-0.2, -0.15) is 0 Å². The van der Waals surface area contributed by atoms with E-state index in [4.69, 9.17) is 11.1 Å². The van der Waals surface area contributed by atoms with Crippen LogP contribution in [0.1, 0.15) is 0 Å². The second kappa shape index (κ2) is 3.36. The molecule has 0 bridgehead atoms. The number of nitrogens with one attached hydrogen (secondary N) is 1. The van der Waals surface area contributed by atoms with E-state index in [9.17, 15) is 0 Å². The molecule has 0 rings (SSSR count). The number of rotatable bonds is 1. The molecule has 0 atom stereocenters. The highest BCUT2D eigenvalue weighted by Crippen LogP contribution is 2.14. The van der Waals surface area contributed by atoms with Gasteiger partial charge in [0, 0.05) is 0 Å². The fourth-order valence-electron chi connectivity index (χ4n) is 0.0898. The minimum Gasteiger partial charge on any atom is -0.378 e. The highest BCUT2D eigenvalue weighted by Gasteiger charge is 1.80. The Bertz CT molecular complexity index is 53.5. The van der Waals surface area contributed by atoms with E-state index >= 15 is 0 Å². The summed E-state index contributed by atoms with van der Waals surface area (Å²) in [4.78, 5) is 0. The average Bonchev–Trinajstić information content (AvgIpc) is 1.35. The molecule has 0 aliphatic rings. The number of nitrogens with two attached hydrogens (primary N) is 1. The van der Waals surface area contributed by atoms with Crippen LogP contribution < -0.4 is 5.73 Å². The molecule has 0 aromatic heterocycles. The van der Waals surface area contributed by atoms with Gasteiger partial charge < -0.3 is 5.73 Å². The molecule has 0 aromatic carbocycles. The van der Waals surface area contributed by atoms with Gasteiger partial charge in [0.25, 0.3) is 0 Å². The Morgan fingerprint density at radius 3 is 2.33 bits per heavy atom. The Labute approximate surface area is 44.8 Å². The Hall–Kier alpha value is 0.170. The third-order valence-corrected chi connectivity index (χ3v) is 1.56. The molecule has 0 unspecified atom stereocenters. The van der Waals surface area contributed by atoms with E-state index in [-0.39, 0.29) is 5.17 Å². The molecule has 2 nitrogen and oxygen atoms in total. The molecule has 0 heterocycles. The standard InChI is InChI=1S/C2H6N2S2/c1-5-6-2(3)4/h1H3,(H3,3,4). The SMILES string of the molecule is CSSC(=N)N. The van der Waals surface area contributed by atoms with Crippen LogP contribution in [-0.4, -0.2) is 11.4 Å². The lowest BCUT2D eigenvalue weighted by atomic mass is 11.4. The molecular formula is C2H6N2S2. The van der Waals surface area contributed by atoms with E-state index in [1.165, 1.54) is 21.6 Å². The molecule has 4 heteroatoms. The molecule has 0 fully saturated rings. The van der Waals surface area contributed by atoms with Crippen LogP contribution in [0, 0.1) is 5.41 Å². The summed E-state index contributed by atoms with van der Waals surface area (Å²) in [6.45, 7) is 0. The van der Waals surface area contributed by atoms with E-state index < -0.39 is 0 Å². The van der Waals surface area contributed by atoms with Crippen molar-refractivity contribution in [2.75, 3.05) is 6.26 Å². The van der Waals surface area contributed by atoms with Gasteiger partial charge in [0.2, 0.25) is 0 Å². The zero-order valence-corrected chi connectivity index (χ0v) is 5.03. The summed E-state index contributed by atoms with van der Waals surface area (Å²) in [5, 5.41) is 6.78. The zero-order valence-electron chi connectivity index (χ0n) is 3.39. The molecule has 0 aliphatic heterocycles. The van der Waals surface area contributed by atoms with Crippen molar-refractivity contribution in [3.05, 3.63) is 0 Å². The Morgan fingerprint density at radius 2 is 2.33 bits per heavy atom. The van der Waals surface area contributed by atoms with Crippen molar-refractivity contribution in [3.63, 3.8) is 0 Å². The summed E-state index contributed by atoms with van der Waals surface area (Å²) >= 11 is 0. The first-order chi connectivity index (χ1) is 2.77. The molecule has 0 amide bonds. The molecule has 0 aromatic rings. The van der Waals surface area contributed by atoms with E-state index in [0.717, 1.165) is 0 Å². The minimum absolute atomic E-state index is 0.169. The Balaban J connectivity index is 2.83. The molecule has 0 radical (unpaired) electrons. The summed E-state index contributed by atoms with van der Waals surface area (Å²) in [7, 11) is 2.74. The molecule has 0 spiro atoms. The molecule has 0 aliphatic carbocycles. The molecular weight excluding hydrogens is 116 g/mol. The maximum Gasteiger partial charge on any atom is 0.161 e. The summed E-state index contributed by atoms with van der Waals surface area (Å²) in [5.74, 6) is 0. The van der Waals surface area contributed by atoms with Crippen molar-refractivity contribution in [1.82, 2.24) is 0 Å². The third-order valence-electron chi connectivity index (χ3n) is 0.173. The third kappa shape index (κ3) is 4.17. The van der Waals surface area contributed by atoms with Crippen molar-refractivity contribution < 1.29 is 0 Å². The summed E-state index contributed by atoms with van der Waals surface area (Å²) in [6.07, 6.45) is 1.88. The maximum atomic E-state index is 6.61. The first-order valence-electron chi connectivity index (χ1n) is 1.32. The Morgan fingerprint density at radius 1 is 1.83 bits per heavy atom. The Kier molecular flexibility index (Phi) is 3.46. The summed E-state index contributed by atoms with van der Waals surface area (Å²) in [6, 6.07) is 0. The first-order valence-corrected chi connectivity index (χ1v) is 3.88. The lowest BCUT2D eigenvalue weighted by Gasteiger charge is -1.84. The fourth-order valence-corrected chi connectivity index (χ4v) is 0.808. The highest BCUT2D eigenvalue weighted by molar-refractivity contribution is 8.82. The van der Waals surface area contributed by atoms with Gasteiger partial charge in [-0.3, -0.25) is 5.41 Å². The van der Waals surface area contributed by atoms with E-state index in [1.54, 1.807) is 0 Å². The van der Waals surface area contributed by atoms with Crippen molar-refractivity contribution in [3.8, 4) is 0 Å². The predicted octanol–water partition coefficient (Wildman–Crippen LogP) is 0.891. The van der Waals surface area contributed by atoms with E-state index in [0.29, 0.717) is 0 Å². The van der Waals surface area contributed by atoms with Crippen LogP contribution in [0.4, 0.5) is 0 Å². The van der Waals surface area contributed by atoms with Gasteiger partial charge in [-0.05, 0) is 17.0 Å². The average molecular weight is 122 g/mol. The quantitative estimate of drug-likeness (QED) is 0.308. The van der Waals surface area contributed by atoms with Crippen LogP contribution in [0.5, 0.6) is 0 Å². The van der Waals surface area contributed by atoms with Crippen molar-refractivity contribution >= 4 is 26.8 Å². The highest BCUT2D eigenvalue weighted by atomic mass is 33.1. The van der Waals surface area contributed by atoms with Crippen LogP contribution in [0.3, 0.4) is 0 Å². The molecule has 0 saturated heterocycles. The number of hydrogen-bond donors (Lipinski definition) is 2. The normalized spacial score (nSPS) is 8.17. The van der Waals surface area contributed by atoms with Gasteiger partial charge in [0.1, 0.15) is 0 Å². The smallest absolute Gasteiger partial charge is 0.161 e. The van der Waals surface area contributed by atoms with Gasteiger partial charge in [-0.1, -0.05) is 10.8 Å². The fraction of sp³-hybridized carbons (Fsp3) is 0.500. The molecule has 6 heavy (non-hydrogen) atoms. The van der Waals surface area contributed by atoms with E-state index in [1.807, 2.05) is 6.26 Å². The van der Waals surface area contributed by atoms with Crippen LogP contribution in [-0.2, 0) is 0 Å². The van der Waals surface area contributed by atoms with Crippen molar-refractivity contribution in [2.24, 2.45) is 5.73 Å². The molecule has 3 N–H and O–H groups in total. The minimum atomic E-state index is 0.169. The zero-order chi connectivity index (χ0) is 4.99. The van der Waals surface area contributed by atoms with Crippen LogP contribution in [0.25, 0.3) is 0 Å². The number of hydrogen-bond acceptors (Lipinski definition) is 3.